The molecule has 0 fully saturated rings. The molecule has 0 aliphatic carbocycles. The molecule has 0 aliphatic rings. The second-order valence-electron chi connectivity index (χ2n) is 4.84. The molecule has 1 N–H and O–H groups in total. The third-order valence-corrected chi connectivity index (χ3v) is 3.73. The number of esters is 1. The van der Waals surface area contributed by atoms with Crippen molar-refractivity contribution in [2.45, 2.75) is 6.92 Å². The number of hydrogen-bond donors (Lipinski definition) is 1. The standard InChI is InChI=1S/C18H17BrN2O4/c1-2-24-17(22)12-25-14-9-7-13(8-10-14)11-20-21-18(23)15-5-3-4-6-16(15)19/h3-11H,2,12H2,1H3,(H,21,23)/b20-11-. The number of hydrogen-bond acceptors (Lipinski definition) is 5. The maximum absolute atomic E-state index is 12.0. The second kappa shape index (κ2) is 9.58. The first-order valence-electron chi connectivity index (χ1n) is 7.56. The van der Waals surface area contributed by atoms with Crippen molar-refractivity contribution in [3.63, 3.8) is 0 Å². The lowest BCUT2D eigenvalue weighted by Gasteiger charge is -2.05. The highest BCUT2D eigenvalue weighted by Gasteiger charge is 2.07. The van der Waals surface area contributed by atoms with E-state index in [1.165, 1.54) is 6.21 Å². The summed E-state index contributed by atoms with van der Waals surface area (Å²) in [5.74, 6) is -0.177. The van der Waals surface area contributed by atoms with E-state index in [1.54, 1.807) is 49.4 Å². The average Bonchev–Trinajstić information content (AvgIpc) is 2.61. The molecule has 2 aromatic rings. The Hall–Kier alpha value is -2.67. The molecular formula is C18H17BrN2O4. The van der Waals surface area contributed by atoms with Gasteiger partial charge in [0, 0.05) is 4.47 Å². The van der Waals surface area contributed by atoms with Gasteiger partial charge in [-0.25, -0.2) is 10.2 Å². The number of carbonyl (C=O) groups is 2. The van der Waals surface area contributed by atoms with Gasteiger partial charge in [-0.05, 0) is 64.8 Å². The van der Waals surface area contributed by atoms with Crippen molar-refractivity contribution < 1.29 is 19.1 Å². The predicted octanol–water partition coefficient (Wildman–Crippen LogP) is 3.15. The van der Waals surface area contributed by atoms with Gasteiger partial charge < -0.3 is 9.47 Å². The summed E-state index contributed by atoms with van der Waals surface area (Å²) < 4.78 is 10.8. The minimum Gasteiger partial charge on any atom is -0.482 e. The zero-order chi connectivity index (χ0) is 18.1. The molecule has 2 aromatic carbocycles. The van der Waals surface area contributed by atoms with Gasteiger partial charge in [-0.15, -0.1) is 0 Å². The maximum Gasteiger partial charge on any atom is 0.344 e. The molecule has 1 amide bonds. The van der Waals surface area contributed by atoms with Crippen LogP contribution in [0.4, 0.5) is 0 Å². The van der Waals surface area contributed by atoms with Crippen molar-refractivity contribution in [3.05, 3.63) is 64.1 Å². The molecular weight excluding hydrogens is 388 g/mol. The number of hydrazone groups is 1. The fraction of sp³-hybridized carbons (Fsp3) is 0.167. The van der Waals surface area contributed by atoms with Crippen LogP contribution in [0.5, 0.6) is 5.75 Å². The lowest BCUT2D eigenvalue weighted by molar-refractivity contribution is -0.145. The van der Waals surface area contributed by atoms with Crippen molar-refractivity contribution >= 4 is 34.0 Å². The molecule has 0 saturated carbocycles. The van der Waals surface area contributed by atoms with Crippen LogP contribution in [0.1, 0.15) is 22.8 Å². The molecule has 0 atom stereocenters. The molecule has 0 saturated heterocycles. The molecule has 2 rings (SSSR count). The minimum atomic E-state index is -0.414. The Kier molecular flexibility index (Phi) is 7.16. The number of rotatable bonds is 7. The highest BCUT2D eigenvalue weighted by atomic mass is 79.9. The first kappa shape index (κ1) is 18.7. The number of benzene rings is 2. The van der Waals surface area contributed by atoms with Crippen LogP contribution in [-0.4, -0.2) is 31.3 Å². The van der Waals surface area contributed by atoms with Gasteiger partial charge in [0.25, 0.3) is 5.91 Å². The van der Waals surface area contributed by atoms with Gasteiger partial charge in [0.15, 0.2) is 6.61 Å². The number of carbonyl (C=O) groups excluding carboxylic acids is 2. The molecule has 130 valence electrons. The van der Waals surface area contributed by atoms with Crippen LogP contribution >= 0.6 is 15.9 Å². The van der Waals surface area contributed by atoms with E-state index in [0.717, 1.165) is 5.56 Å². The zero-order valence-electron chi connectivity index (χ0n) is 13.6. The van der Waals surface area contributed by atoms with E-state index in [0.29, 0.717) is 22.4 Å². The molecule has 0 heterocycles. The highest BCUT2D eigenvalue weighted by molar-refractivity contribution is 9.10. The van der Waals surface area contributed by atoms with E-state index < -0.39 is 5.97 Å². The van der Waals surface area contributed by atoms with Crippen LogP contribution in [0.3, 0.4) is 0 Å². The number of nitrogens with zero attached hydrogens (tertiary/aromatic N) is 1. The Morgan fingerprint density at radius 2 is 1.88 bits per heavy atom. The fourth-order valence-corrected chi connectivity index (χ4v) is 2.33. The third-order valence-electron chi connectivity index (χ3n) is 3.04. The summed E-state index contributed by atoms with van der Waals surface area (Å²) in [6, 6.07) is 14.0. The molecule has 0 aliphatic heterocycles. The van der Waals surface area contributed by atoms with Crippen LogP contribution in [0.25, 0.3) is 0 Å². The Balaban J connectivity index is 1.86. The molecule has 7 heteroatoms. The topological polar surface area (TPSA) is 77.0 Å². The molecule has 25 heavy (non-hydrogen) atoms. The van der Waals surface area contributed by atoms with Gasteiger partial charge in [-0.3, -0.25) is 4.79 Å². The summed E-state index contributed by atoms with van der Waals surface area (Å²) in [5.41, 5.74) is 3.74. The first-order chi connectivity index (χ1) is 12.1. The summed E-state index contributed by atoms with van der Waals surface area (Å²) in [6.45, 7) is 1.92. The summed E-state index contributed by atoms with van der Waals surface area (Å²) in [5, 5.41) is 3.93. The van der Waals surface area contributed by atoms with Gasteiger partial charge in [0.2, 0.25) is 0 Å². The fourth-order valence-electron chi connectivity index (χ4n) is 1.87. The van der Waals surface area contributed by atoms with Crippen LogP contribution < -0.4 is 10.2 Å². The van der Waals surface area contributed by atoms with E-state index in [2.05, 4.69) is 26.5 Å². The predicted molar refractivity (Wildman–Crippen MR) is 97.8 cm³/mol. The Bertz CT molecular complexity index is 760. The van der Waals surface area contributed by atoms with E-state index in [1.807, 2.05) is 6.07 Å². The first-order valence-corrected chi connectivity index (χ1v) is 8.36. The van der Waals surface area contributed by atoms with Crippen LogP contribution in [-0.2, 0) is 9.53 Å². The van der Waals surface area contributed by atoms with Crippen LogP contribution in [0.2, 0.25) is 0 Å². The average molecular weight is 405 g/mol. The summed E-state index contributed by atoms with van der Waals surface area (Å²) >= 11 is 3.32. The molecule has 6 nitrogen and oxygen atoms in total. The summed E-state index contributed by atoms with van der Waals surface area (Å²) in [4.78, 5) is 23.2. The number of nitrogens with one attached hydrogen (secondary N) is 1. The van der Waals surface area contributed by atoms with Crippen molar-refractivity contribution in [3.8, 4) is 5.75 Å². The van der Waals surface area contributed by atoms with Gasteiger partial charge >= 0.3 is 5.97 Å². The lowest BCUT2D eigenvalue weighted by Crippen LogP contribution is -2.18. The number of ether oxygens (including phenoxy) is 2. The smallest absolute Gasteiger partial charge is 0.344 e. The Labute approximate surface area is 154 Å². The monoisotopic (exact) mass is 404 g/mol. The summed E-state index contributed by atoms with van der Waals surface area (Å²) in [6.07, 6.45) is 1.52. The summed E-state index contributed by atoms with van der Waals surface area (Å²) in [7, 11) is 0. The molecule has 0 unspecified atom stereocenters. The van der Waals surface area contributed by atoms with Crippen molar-refractivity contribution in [1.82, 2.24) is 5.43 Å². The Morgan fingerprint density at radius 1 is 1.16 bits per heavy atom. The molecule has 0 aromatic heterocycles. The highest BCUT2D eigenvalue weighted by Crippen LogP contribution is 2.15. The lowest BCUT2D eigenvalue weighted by atomic mass is 10.2. The van der Waals surface area contributed by atoms with E-state index in [4.69, 9.17) is 9.47 Å². The molecule has 0 spiro atoms. The Morgan fingerprint density at radius 3 is 2.56 bits per heavy atom. The van der Waals surface area contributed by atoms with Crippen molar-refractivity contribution in [1.29, 1.82) is 0 Å². The van der Waals surface area contributed by atoms with Crippen LogP contribution in [0.15, 0.2) is 58.1 Å². The van der Waals surface area contributed by atoms with Gasteiger partial charge in [0.1, 0.15) is 5.75 Å². The van der Waals surface area contributed by atoms with Gasteiger partial charge in [0.05, 0.1) is 18.4 Å². The van der Waals surface area contributed by atoms with Gasteiger partial charge in [-0.1, -0.05) is 12.1 Å². The van der Waals surface area contributed by atoms with E-state index >= 15 is 0 Å². The van der Waals surface area contributed by atoms with E-state index in [-0.39, 0.29) is 12.5 Å². The molecule has 0 bridgehead atoms. The molecule has 0 radical (unpaired) electrons. The third kappa shape index (κ3) is 6.04. The maximum atomic E-state index is 12.0. The minimum absolute atomic E-state index is 0.136. The SMILES string of the molecule is CCOC(=O)COc1ccc(/C=N\NC(=O)c2ccccc2Br)cc1. The largest absolute Gasteiger partial charge is 0.482 e. The van der Waals surface area contributed by atoms with Crippen molar-refractivity contribution in [2.24, 2.45) is 5.10 Å². The number of halogens is 1. The second-order valence-corrected chi connectivity index (χ2v) is 5.70. The van der Waals surface area contributed by atoms with E-state index in [9.17, 15) is 9.59 Å². The van der Waals surface area contributed by atoms with Crippen molar-refractivity contribution in [2.75, 3.05) is 13.2 Å². The normalized spacial score (nSPS) is 10.5. The van der Waals surface area contributed by atoms with Crippen LogP contribution in [0, 0.1) is 0 Å². The number of amides is 1. The zero-order valence-corrected chi connectivity index (χ0v) is 15.2. The quantitative estimate of drug-likeness (QED) is 0.436. The van der Waals surface area contributed by atoms with Gasteiger partial charge in [-0.2, -0.15) is 5.10 Å².